The number of nitrogens with one attached hydrogen (secondary N) is 1. The van der Waals surface area contributed by atoms with E-state index in [0.717, 1.165) is 16.7 Å². The molecule has 0 aliphatic rings. The number of hydrogen-bond donors (Lipinski definition) is 1. The van der Waals surface area contributed by atoms with Gasteiger partial charge < -0.3 is 5.32 Å². The third-order valence-corrected chi connectivity index (χ3v) is 2.93. The van der Waals surface area contributed by atoms with E-state index < -0.39 is 0 Å². The summed E-state index contributed by atoms with van der Waals surface area (Å²) in [4.78, 5) is 9.02. The lowest BCUT2D eigenvalue weighted by atomic mass is 10.2. The molecular formula is C12H21N3S. The molecule has 0 aliphatic heterocycles. The maximum Gasteiger partial charge on any atom is 0.134 e. The van der Waals surface area contributed by atoms with Gasteiger partial charge >= 0.3 is 0 Å². The molecule has 0 fully saturated rings. The van der Waals surface area contributed by atoms with Gasteiger partial charge in [0.05, 0.1) is 0 Å². The van der Waals surface area contributed by atoms with E-state index in [9.17, 15) is 0 Å². The highest BCUT2D eigenvalue weighted by molar-refractivity contribution is 8.00. The maximum absolute atomic E-state index is 4.58. The summed E-state index contributed by atoms with van der Waals surface area (Å²) >= 11 is 1.77. The van der Waals surface area contributed by atoms with E-state index in [0.29, 0.717) is 5.92 Å². The van der Waals surface area contributed by atoms with Crippen LogP contribution >= 0.6 is 11.8 Å². The molecule has 0 unspecified atom stereocenters. The molecule has 1 N–H and O–H groups in total. The Balaban J connectivity index is 3.04. The second kappa shape index (κ2) is 5.04. The molecule has 90 valence electrons. The summed E-state index contributed by atoms with van der Waals surface area (Å²) in [6, 6.07) is 2.00. The second-order valence-electron chi connectivity index (χ2n) is 5.07. The van der Waals surface area contributed by atoms with Crippen molar-refractivity contribution in [2.45, 2.75) is 50.3 Å². The first-order valence-corrected chi connectivity index (χ1v) is 6.39. The van der Waals surface area contributed by atoms with Crippen LogP contribution in [-0.2, 0) is 0 Å². The molecule has 1 heterocycles. The van der Waals surface area contributed by atoms with Crippen molar-refractivity contribution in [3.63, 3.8) is 0 Å². The fourth-order valence-electron chi connectivity index (χ4n) is 1.20. The number of aromatic nitrogens is 2. The summed E-state index contributed by atoms with van der Waals surface area (Å²) in [6.07, 6.45) is 0. The van der Waals surface area contributed by atoms with Crippen molar-refractivity contribution in [2.75, 3.05) is 12.4 Å². The molecule has 1 aromatic heterocycles. The zero-order valence-electron chi connectivity index (χ0n) is 11.0. The maximum atomic E-state index is 4.58. The first-order chi connectivity index (χ1) is 7.31. The van der Waals surface area contributed by atoms with Gasteiger partial charge in [0.25, 0.3) is 0 Å². The van der Waals surface area contributed by atoms with Crippen LogP contribution in [-0.4, -0.2) is 21.8 Å². The van der Waals surface area contributed by atoms with E-state index in [1.54, 1.807) is 11.8 Å². The van der Waals surface area contributed by atoms with Crippen molar-refractivity contribution < 1.29 is 0 Å². The fourth-order valence-corrected chi connectivity index (χ4v) is 2.13. The summed E-state index contributed by atoms with van der Waals surface area (Å²) in [5.41, 5.74) is 0. The molecule has 0 atom stereocenters. The Morgan fingerprint density at radius 3 is 2.31 bits per heavy atom. The Labute approximate surface area is 102 Å². The Hall–Kier alpha value is -0.770. The molecule has 0 aliphatic carbocycles. The molecule has 4 heteroatoms. The van der Waals surface area contributed by atoms with E-state index >= 15 is 0 Å². The van der Waals surface area contributed by atoms with Crippen LogP contribution in [0.2, 0.25) is 0 Å². The highest BCUT2D eigenvalue weighted by atomic mass is 32.2. The van der Waals surface area contributed by atoms with Crippen molar-refractivity contribution in [1.29, 1.82) is 0 Å². The van der Waals surface area contributed by atoms with Crippen LogP contribution in [0.15, 0.2) is 11.1 Å². The van der Waals surface area contributed by atoms with Gasteiger partial charge in [0.15, 0.2) is 0 Å². The largest absolute Gasteiger partial charge is 0.373 e. The molecule has 0 spiro atoms. The highest BCUT2D eigenvalue weighted by Crippen LogP contribution is 2.32. The van der Waals surface area contributed by atoms with Gasteiger partial charge in [-0.1, -0.05) is 34.6 Å². The number of hydrogen-bond acceptors (Lipinski definition) is 4. The molecule has 3 nitrogen and oxygen atoms in total. The standard InChI is InChI=1S/C12H21N3S/c1-8(2)11-14-9(13-6)7-10(15-11)16-12(3,4)5/h7-8H,1-6H3,(H,13,14,15). The lowest BCUT2D eigenvalue weighted by Gasteiger charge is -2.18. The highest BCUT2D eigenvalue weighted by Gasteiger charge is 2.15. The second-order valence-corrected chi connectivity index (χ2v) is 6.92. The van der Waals surface area contributed by atoms with Crippen molar-refractivity contribution in [3.8, 4) is 0 Å². The van der Waals surface area contributed by atoms with Gasteiger partial charge in [0.1, 0.15) is 16.7 Å². The Kier molecular flexibility index (Phi) is 4.19. The summed E-state index contributed by atoms with van der Waals surface area (Å²) in [5, 5.41) is 4.12. The van der Waals surface area contributed by atoms with E-state index in [2.05, 4.69) is 49.9 Å². The van der Waals surface area contributed by atoms with Crippen LogP contribution in [0.25, 0.3) is 0 Å². The van der Waals surface area contributed by atoms with Gasteiger partial charge in [-0.15, -0.1) is 11.8 Å². The van der Waals surface area contributed by atoms with Gasteiger partial charge in [-0.25, -0.2) is 9.97 Å². The smallest absolute Gasteiger partial charge is 0.134 e. The summed E-state index contributed by atoms with van der Waals surface area (Å²) < 4.78 is 0.174. The van der Waals surface area contributed by atoms with Crippen molar-refractivity contribution >= 4 is 17.6 Å². The van der Waals surface area contributed by atoms with Gasteiger partial charge in [0.2, 0.25) is 0 Å². The third-order valence-electron chi connectivity index (χ3n) is 1.90. The summed E-state index contributed by atoms with van der Waals surface area (Å²) in [7, 11) is 1.89. The van der Waals surface area contributed by atoms with Gasteiger partial charge in [-0.05, 0) is 0 Å². The lowest BCUT2D eigenvalue weighted by molar-refractivity contribution is 0.748. The predicted octanol–water partition coefficient (Wildman–Crippen LogP) is 3.53. The first-order valence-electron chi connectivity index (χ1n) is 5.57. The topological polar surface area (TPSA) is 37.8 Å². The third kappa shape index (κ3) is 4.00. The Morgan fingerprint density at radius 1 is 1.25 bits per heavy atom. The number of anilines is 1. The Bertz CT molecular complexity index is 356. The van der Waals surface area contributed by atoms with Crippen LogP contribution in [0.3, 0.4) is 0 Å². The summed E-state index contributed by atoms with van der Waals surface area (Å²) in [6.45, 7) is 10.8. The van der Waals surface area contributed by atoms with Crippen LogP contribution < -0.4 is 5.32 Å². The number of thioether (sulfide) groups is 1. The van der Waals surface area contributed by atoms with Gasteiger partial charge in [-0.3, -0.25) is 0 Å². The SMILES string of the molecule is CNc1cc(SC(C)(C)C)nc(C(C)C)n1. The van der Waals surface area contributed by atoms with E-state index in [4.69, 9.17) is 0 Å². The normalized spacial score (nSPS) is 11.9. The molecule has 0 radical (unpaired) electrons. The zero-order valence-corrected chi connectivity index (χ0v) is 11.8. The quantitative estimate of drug-likeness (QED) is 0.647. The molecule has 16 heavy (non-hydrogen) atoms. The average molecular weight is 239 g/mol. The van der Waals surface area contributed by atoms with Crippen LogP contribution in [0.1, 0.15) is 46.4 Å². The number of nitrogens with zero attached hydrogens (tertiary/aromatic N) is 2. The lowest BCUT2D eigenvalue weighted by Crippen LogP contribution is -2.09. The van der Waals surface area contributed by atoms with Gasteiger partial charge in [0, 0.05) is 23.8 Å². The van der Waals surface area contributed by atoms with E-state index in [1.807, 2.05) is 13.1 Å². The minimum atomic E-state index is 0.174. The molecule has 0 saturated carbocycles. The minimum Gasteiger partial charge on any atom is -0.373 e. The van der Waals surface area contributed by atoms with Gasteiger partial charge in [-0.2, -0.15) is 0 Å². The molecule has 0 aromatic carbocycles. The van der Waals surface area contributed by atoms with E-state index in [-0.39, 0.29) is 4.75 Å². The van der Waals surface area contributed by atoms with Crippen molar-refractivity contribution in [3.05, 3.63) is 11.9 Å². The van der Waals surface area contributed by atoms with E-state index in [1.165, 1.54) is 0 Å². The monoisotopic (exact) mass is 239 g/mol. The molecule has 1 aromatic rings. The van der Waals surface area contributed by atoms with Crippen molar-refractivity contribution in [2.24, 2.45) is 0 Å². The summed E-state index contributed by atoms with van der Waals surface area (Å²) in [5.74, 6) is 2.15. The Morgan fingerprint density at radius 2 is 1.88 bits per heavy atom. The van der Waals surface area contributed by atoms with Crippen LogP contribution in [0.4, 0.5) is 5.82 Å². The first kappa shape index (κ1) is 13.3. The molecule has 0 bridgehead atoms. The zero-order chi connectivity index (χ0) is 12.3. The fraction of sp³-hybridized carbons (Fsp3) is 0.667. The van der Waals surface area contributed by atoms with Crippen LogP contribution in [0.5, 0.6) is 0 Å². The number of rotatable bonds is 3. The predicted molar refractivity (Wildman–Crippen MR) is 71.3 cm³/mol. The molecule has 0 amide bonds. The molecule has 0 saturated heterocycles. The van der Waals surface area contributed by atoms with Crippen LogP contribution in [0, 0.1) is 0 Å². The molecule has 1 rings (SSSR count). The van der Waals surface area contributed by atoms with Crippen molar-refractivity contribution in [1.82, 2.24) is 9.97 Å². The molecular weight excluding hydrogens is 218 g/mol. The average Bonchev–Trinajstić information content (AvgIpc) is 2.14. The minimum absolute atomic E-state index is 0.174.